The lowest BCUT2D eigenvalue weighted by molar-refractivity contribution is -0.116. The third-order valence-electron chi connectivity index (χ3n) is 2.62. The molecular formula is C15H16ClN3O3S. The highest BCUT2D eigenvalue weighted by Gasteiger charge is 2.16. The number of hydrogen-bond acceptors (Lipinski definition) is 6. The molecule has 0 radical (unpaired) electrons. The fourth-order valence-corrected chi connectivity index (χ4v) is 2.64. The van der Waals surface area contributed by atoms with E-state index in [1.54, 1.807) is 18.2 Å². The van der Waals surface area contributed by atoms with Crippen LogP contribution in [0.1, 0.15) is 12.5 Å². The number of hydrogen-bond donors (Lipinski definition) is 1. The summed E-state index contributed by atoms with van der Waals surface area (Å²) < 4.78 is 11.1. The normalized spacial score (nSPS) is 15.9. The number of amidine groups is 1. The Morgan fingerprint density at radius 3 is 2.96 bits per heavy atom. The zero-order chi connectivity index (χ0) is 16.7. The van der Waals surface area contributed by atoms with E-state index in [1.807, 2.05) is 6.92 Å². The molecule has 1 heterocycles. The summed E-state index contributed by atoms with van der Waals surface area (Å²) in [5, 5.41) is 11.4. The monoisotopic (exact) mass is 353 g/mol. The first-order valence-corrected chi connectivity index (χ1v) is 8.24. The number of halogens is 1. The molecule has 1 aromatic carbocycles. The molecule has 1 saturated heterocycles. The van der Waals surface area contributed by atoms with Crippen LogP contribution in [0.5, 0.6) is 11.5 Å². The van der Waals surface area contributed by atoms with Gasteiger partial charge in [-0.05, 0) is 19.1 Å². The van der Waals surface area contributed by atoms with Crippen LogP contribution in [-0.4, -0.2) is 36.3 Å². The Kier molecular flexibility index (Phi) is 6.49. The SMILES string of the molecule is C=CCOc1c(Cl)cc(C=NN=C2NC(=O)CS2)cc1OCC. The van der Waals surface area contributed by atoms with Crippen LogP contribution in [0.15, 0.2) is 35.0 Å². The van der Waals surface area contributed by atoms with Gasteiger partial charge in [0, 0.05) is 5.56 Å². The van der Waals surface area contributed by atoms with E-state index in [1.165, 1.54) is 18.0 Å². The van der Waals surface area contributed by atoms with Crippen LogP contribution in [0.2, 0.25) is 5.02 Å². The van der Waals surface area contributed by atoms with Gasteiger partial charge in [0.05, 0.1) is 23.6 Å². The van der Waals surface area contributed by atoms with Gasteiger partial charge in [-0.2, -0.15) is 5.10 Å². The van der Waals surface area contributed by atoms with Gasteiger partial charge in [0.15, 0.2) is 16.7 Å². The van der Waals surface area contributed by atoms with E-state index < -0.39 is 0 Å². The van der Waals surface area contributed by atoms with E-state index in [-0.39, 0.29) is 5.91 Å². The molecule has 0 bridgehead atoms. The zero-order valence-electron chi connectivity index (χ0n) is 12.5. The minimum absolute atomic E-state index is 0.0747. The smallest absolute Gasteiger partial charge is 0.236 e. The molecule has 1 aliphatic heterocycles. The molecule has 1 aliphatic rings. The summed E-state index contributed by atoms with van der Waals surface area (Å²) in [6, 6.07) is 3.46. The Hall–Kier alpha value is -1.99. The topological polar surface area (TPSA) is 72.3 Å². The summed E-state index contributed by atoms with van der Waals surface area (Å²) >= 11 is 7.54. The minimum Gasteiger partial charge on any atom is -0.490 e. The lowest BCUT2D eigenvalue weighted by Gasteiger charge is -2.13. The van der Waals surface area contributed by atoms with Crippen molar-refractivity contribution in [3.05, 3.63) is 35.4 Å². The fraction of sp³-hybridized carbons (Fsp3) is 0.267. The van der Waals surface area contributed by atoms with Crippen LogP contribution in [-0.2, 0) is 4.79 Å². The second-order valence-electron chi connectivity index (χ2n) is 4.35. The van der Waals surface area contributed by atoms with E-state index >= 15 is 0 Å². The Bertz CT molecular complexity index is 662. The predicted molar refractivity (Wildman–Crippen MR) is 93.9 cm³/mol. The van der Waals surface area contributed by atoms with E-state index in [4.69, 9.17) is 21.1 Å². The van der Waals surface area contributed by atoms with Gasteiger partial charge in [-0.15, -0.1) is 5.10 Å². The van der Waals surface area contributed by atoms with Crippen LogP contribution in [0.4, 0.5) is 0 Å². The maximum atomic E-state index is 11.1. The largest absolute Gasteiger partial charge is 0.490 e. The first kappa shape index (κ1) is 17.4. The Morgan fingerprint density at radius 2 is 2.30 bits per heavy atom. The van der Waals surface area contributed by atoms with Crippen molar-refractivity contribution >= 4 is 40.7 Å². The molecule has 0 atom stereocenters. The molecule has 6 nitrogen and oxygen atoms in total. The molecule has 1 amide bonds. The molecule has 8 heteroatoms. The first-order valence-electron chi connectivity index (χ1n) is 6.87. The van der Waals surface area contributed by atoms with Gasteiger partial charge in [0.1, 0.15) is 6.61 Å². The maximum absolute atomic E-state index is 11.1. The number of nitrogens with one attached hydrogen (secondary N) is 1. The van der Waals surface area contributed by atoms with Crippen molar-refractivity contribution < 1.29 is 14.3 Å². The molecule has 0 unspecified atom stereocenters. The fourth-order valence-electron chi connectivity index (χ4n) is 1.73. The predicted octanol–water partition coefficient (Wildman–Crippen LogP) is 2.86. The number of carbonyl (C=O) groups is 1. The van der Waals surface area contributed by atoms with Crippen molar-refractivity contribution in [3.63, 3.8) is 0 Å². The van der Waals surface area contributed by atoms with Crippen LogP contribution in [0.3, 0.4) is 0 Å². The van der Waals surface area contributed by atoms with Crippen LogP contribution in [0.25, 0.3) is 0 Å². The summed E-state index contributed by atoms with van der Waals surface area (Å²) in [5.74, 6) is 1.29. The van der Waals surface area contributed by atoms with E-state index in [0.717, 1.165) is 0 Å². The van der Waals surface area contributed by atoms with Crippen molar-refractivity contribution in [1.82, 2.24) is 5.32 Å². The molecule has 0 spiro atoms. The van der Waals surface area contributed by atoms with E-state index in [9.17, 15) is 4.79 Å². The highest BCUT2D eigenvalue weighted by atomic mass is 35.5. The zero-order valence-corrected chi connectivity index (χ0v) is 14.1. The van der Waals surface area contributed by atoms with Gasteiger partial charge in [-0.25, -0.2) is 0 Å². The summed E-state index contributed by atoms with van der Waals surface area (Å²) in [6.07, 6.45) is 3.16. The van der Waals surface area contributed by atoms with Gasteiger partial charge in [-0.3, -0.25) is 4.79 Å². The second-order valence-corrected chi connectivity index (χ2v) is 5.72. The average Bonchev–Trinajstić information content (AvgIpc) is 2.92. The molecule has 1 N–H and O–H groups in total. The third-order valence-corrected chi connectivity index (χ3v) is 3.76. The lowest BCUT2D eigenvalue weighted by atomic mass is 10.2. The summed E-state index contributed by atoms with van der Waals surface area (Å²) in [5.41, 5.74) is 0.711. The molecule has 0 aromatic heterocycles. The highest BCUT2D eigenvalue weighted by molar-refractivity contribution is 8.15. The van der Waals surface area contributed by atoms with Crippen LogP contribution < -0.4 is 14.8 Å². The quantitative estimate of drug-likeness (QED) is 0.465. The van der Waals surface area contributed by atoms with Crippen LogP contribution in [0, 0.1) is 0 Å². The van der Waals surface area contributed by atoms with E-state index in [0.29, 0.717) is 46.2 Å². The average molecular weight is 354 g/mol. The molecule has 122 valence electrons. The van der Waals surface area contributed by atoms with Crippen molar-refractivity contribution in [2.75, 3.05) is 19.0 Å². The number of nitrogens with zero attached hydrogens (tertiary/aromatic N) is 2. The Morgan fingerprint density at radius 1 is 1.48 bits per heavy atom. The summed E-state index contributed by atoms with van der Waals surface area (Å²) in [6.45, 7) is 6.29. The molecule has 1 fully saturated rings. The molecule has 2 rings (SSSR count). The Balaban J connectivity index is 2.18. The summed E-state index contributed by atoms with van der Waals surface area (Å²) in [7, 11) is 0. The number of benzene rings is 1. The molecule has 1 aromatic rings. The number of amides is 1. The maximum Gasteiger partial charge on any atom is 0.236 e. The van der Waals surface area contributed by atoms with Gasteiger partial charge in [-0.1, -0.05) is 36.0 Å². The molecular weight excluding hydrogens is 338 g/mol. The molecule has 0 aliphatic carbocycles. The number of rotatable bonds is 7. The minimum atomic E-state index is -0.0747. The summed E-state index contributed by atoms with van der Waals surface area (Å²) in [4.78, 5) is 11.1. The van der Waals surface area contributed by atoms with Crippen LogP contribution >= 0.6 is 23.4 Å². The number of carbonyl (C=O) groups excluding carboxylic acids is 1. The Labute approximate surface area is 143 Å². The van der Waals surface area contributed by atoms with E-state index in [2.05, 4.69) is 22.1 Å². The third kappa shape index (κ3) is 5.01. The van der Waals surface area contributed by atoms with Gasteiger partial charge in [0.2, 0.25) is 5.91 Å². The molecule has 0 saturated carbocycles. The van der Waals surface area contributed by atoms with Crippen molar-refractivity contribution in [1.29, 1.82) is 0 Å². The highest BCUT2D eigenvalue weighted by Crippen LogP contribution is 2.36. The number of thioether (sulfide) groups is 1. The van der Waals surface area contributed by atoms with Gasteiger partial charge < -0.3 is 14.8 Å². The van der Waals surface area contributed by atoms with Crippen molar-refractivity contribution in [3.8, 4) is 11.5 Å². The molecule has 23 heavy (non-hydrogen) atoms. The van der Waals surface area contributed by atoms with Crippen molar-refractivity contribution in [2.45, 2.75) is 6.92 Å². The second kappa shape index (κ2) is 8.59. The standard InChI is InChI=1S/C15H16ClN3O3S/c1-3-5-22-14-11(16)6-10(7-12(14)21-4-2)8-17-19-15-18-13(20)9-23-15/h3,6-8H,1,4-5,9H2,2H3,(H,18,19,20). The first-order chi connectivity index (χ1) is 11.1. The number of ether oxygens (including phenoxy) is 2. The van der Waals surface area contributed by atoms with Gasteiger partial charge >= 0.3 is 0 Å². The van der Waals surface area contributed by atoms with Gasteiger partial charge in [0.25, 0.3) is 0 Å². The lowest BCUT2D eigenvalue weighted by Crippen LogP contribution is -2.19. The van der Waals surface area contributed by atoms with Crippen molar-refractivity contribution in [2.24, 2.45) is 10.2 Å².